The molecule has 2 aromatic rings. The molecule has 0 saturated carbocycles. The number of hydrogen-bond acceptors (Lipinski definition) is 4. The van der Waals surface area contributed by atoms with E-state index in [4.69, 9.17) is 5.11 Å². The quantitative estimate of drug-likeness (QED) is 0.270. The van der Waals surface area contributed by atoms with Gasteiger partial charge < -0.3 is 15.3 Å². The standard InChI is InChI=1S/C28H34O4S/c1-2-3-4-10-25(30)20-11-13-23(14-12-20)27-21(15-16-22(27)8-6-19-29)7-5-9-24-17-18-26(33-24)28(31)32/h11-14,17-18,21,25,29-30H,2-5,7,9-10,15-16,19H2,1H3,(H,31,32). The van der Waals surface area contributed by atoms with Crippen LogP contribution in [0.15, 0.2) is 42.0 Å². The number of aliphatic hydroxyl groups excluding tert-OH is 2. The average Bonchev–Trinajstić information content (AvgIpc) is 3.45. The summed E-state index contributed by atoms with van der Waals surface area (Å²) in [7, 11) is 0. The van der Waals surface area contributed by atoms with Crippen molar-refractivity contribution in [1.82, 2.24) is 0 Å². The van der Waals surface area contributed by atoms with Crippen LogP contribution in [0.3, 0.4) is 0 Å². The van der Waals surface area contributed by atoms with Crippen molar-refractivity contribution in [2.45, 2.75) is 70.8 Å². The van der Waals surface area contributed by atoms with Crippen molar-refractivity contribution in [2.24, 2.45) is 5.92 Å². The summed E-state index contributed by atoms with van der Waals surface area (Å²) >= 11 is 1.36. The van der Waals surface area contributed by atoms with E-state index >= 15 is 0 Å². The maximum atomic E-state index is 11.1. The minimum Gasteiger partial charge on any atom is -0.477 e. The van der Waals surface area contributed by atoms with Gasteiger partial charge in [0.05, 0.1) is 6.10 Å². The molecule has 33 heavy (non-hydrogen) atoms. The number of benzene rings is 1. The first-order valence-corrected chi connectivity index (χ1v) is 12.8. The normalized spacial score (nSPS) is 16.5. The number of carboxylic acids is 1. The van der Waals surface area contributed by atoms with Crippen molar-refractivity contribution in [3.05, 3.63) is 62.9 Å². The number of thiophene rings is 1. The van der Waals surface area contributed by atoms with E-state index in [-0.39, 0.29) is 6.61 Å². The molecule has 0 saturated heterocycles. The molecule has 2 unspecified atom stereocenters. The highest BCUT2D eigenvalue weighted by Crippen LogP contribution is 2.42. The Balaban J connectivity index is 1.70. The van der Waals surface area contributed by atoms with E-state index in [0.29, 0.717) is 10.8 Å². The number of rotatable bonds is 11. The number of aryl methyl sites for hydroxylation is 1. The molecular formula is C28H34O4S. The number of aromatic carboxylic acids is 1. The molecule has 1 aromatic carbocycles. The van der Waals surface area contributed by atoms with Crippen LogP contribution in [-0.2, 0) is 6.42 Å². The molecule has 0 spiro atoms. The second-order valence-electron chi connectivity index (χ2n) is 8.68. The Hall–Kier alpha value is -2.39. The van der Waals surface area contributed by atoms with Crippen molar-refractivity contribution in [3.8, 4) is 11.8 Å². The lowest BCUT2D eigenvalue weighted by molar-refractivity contribution is 0.0702. The van der Waals surface area contributed by atoms with Gasteiger partial charge in [0.25, 0.3) is 0 Å². The van der Waals surface area contributed by atoms with Crippen molar-refractivity contribution in [2.75, 3.05) is 6.61 Å². The zero-order chi connectivity index (χ0) is 23.6. The molecule has 2 atom stereocenters. The van der Waals surface area contributed by atoms with Crippen LogP contribution in [0.1, 0.15) is 90.1 Å². The average molecular weight is 467 g/mol. The van der Waals surface area contributed by atoms with E-state index < -0.39 is 12.1 Å². The summed E-state index contributed by atoms with van der Waals surface area (Å²) in [5.74, 6) is 5.52. The van der Waals surface area contributed by atoms with Crippen LogP contribution >= 0.6 is 11.3 Å². The van der Waals surface area contributed by atoms with Gasteiger partial charge in [-0.25, -0.2) is 4.79 Å². The Kier molecular flexibility index (Phi) is 9.75. The monoisotopic (exact) mass is 466 g/mol. The minimum absolute atomic E-state index is 0.144. The van der Waals surface area contributed by atoms with Gasteiger partial charge in [0.15, 0.2) is 0 Å². The Morgan fingerprint density at radius 1 is 1.15 bits per heavy atom. The molecule has 0 aliphatic heterocycles. The zero-order valence-electron chi connectivity index (χ0n) is 19.3. The Labute approximate surface area is 201 Å². The maximum Gasteiger partial charge on any atom is 0.345 e. The van der Waals surface area contributed by atoms with Gasteiger partial charge in [-0.05, 0) is 73.3 Å². The van der Waals surface area contributed by atoms with E-state index in [1.807, 2.05) is 18.2 Å². The molecule has 3 rings (SSSR count). The van der Waals surface area contributed by atoms with Crippen LogP contribution in [0.4, 0.5) is 0 Å². The van der Waals surface area contributed by atoms with Gasteiger partial charge in [-0.15, -0.1) is 11.3 Å². The third kappa shape index (κ3) is 7.04. The van der Waals surface area contributed by atoms with Crippen molar-refractivity contribution < 1.29 is 20.1 Å². The van der Waals surface area contributed by atoms with Gasteiger partial charge in [-0.3, -0.25) is 0 Å². The lowest BCUT2D eigenvalue weighted by Crippen LogP contribution is -2.02. The number of carboxylic acid groups (broad SMARTS) is 1. The molecular weight excluding hydrogens is 432 g/mol. The fraction of sp³-hybridized carbons (Fsp3) is 0.464. The summed E-state index contributed by atoms with van der Waals surface area (Å²) in [5.41, 5.74) is 4.48. The van der Waals surface area contributed by atoms with E-state index in [2.05, 4.69) is 30.9 Å². The third-order valence-electron chi connectivity index (χ3n) is 6.33. The molecule has 3 N–H and O–H groups in total. The lowest BCUT2D eigenvalue weighted by atomic mass is 9.88. The van der Waals surface area contributed by atoms with Gasteiger partial charge >= 0.3 is 5.97 Å². The number of hydrogen-bond donors (Lipinski definition) is 3. The predicted molar refractivity (Wildman–Crippen MR) is 134 cm³/mol. The summed E-state index contributed by atoms with van der Waals surface area (Å²) in [6, 6.07) is 11.9. The number of unbranched alkanes of at least 4 members (excludes halogenated alkanes) is 2. The fourth-order valence-electron chi connectivity index (χ4n) is 4.61. The van der Waals surface area contributed by atoms with E-state index in [9.17, 15) is 15.0 Å². The van der Waals surface area contributed by atoms with Crippen LogP contribution < -0.4 is 0 Å². The molecule has 0 amide bonds. The zero-order valence-corrected chi connectivity index (χ0v) is 20.2. The molecule has 0 radical (unpaired) electrons. The molecule has 1 aliphatic rings. The molecule has 1 heterocycles. The van der Waals surface area contributed by atoms with Crippen molar-refractivity contribution in [3.63, 3.8) is 0 Å². The smallest absolute Gasteiger partial charge is 0.345 e. The van der Waals surface area contributed by atoms with Crippen molar-refractivity contribution in [1.29, 1.82) is 0 Å². The molecule has 1 aromatic heterocycles. The van der Waals surface area contributed by atoms with E-state index in [0.717, 1.165) is 79.4 Å². The van der Waals surface area contributed by atoms with Crippen LogP contribution in [0, 0.1) is 17.8 Å². The first-order chi connectivity index (χ1) is 16.0. The summed E-state index contributed by atoms with van der Waals surface area (Å²) in [5, 5.41) is 28.8. The topological polar surface area (TPSA) is 77.8 Å². The number of carbonyl (C=O) groups is 1. The molecule has 0 fully saturated rings. The van der Waals surface area contributed by atoms with Gasteiger partial charge in [-0.1, -0.05) is 62.3 Å². The van der Waals surface area contributed by atoms with Gasteiger partial charge in [0.2, 0.25) is 0 Å². The first-order valence-electron chi connectivity index (χ1n) is 12.0. The summed E-state index contributed by atoms with van der Waals surface area (Å²) in [6.45, 7) is 2.02. The van der Waals surface area contributed by atoms with Crippen molar-refractivity contribution >= 4 is 22.9 Å². The highest BCUT2D eigenvalue weighted by Gasteiger charge is 2.26. The van der Waals surface area contributed by atoms with Gasteiger partial charge in [0.1, 0.15) is 11.5 Å². The van der Waals surface area contributed by atoms with Crippen LogP contribution in [0.2, 0.25) is 0 Å². The highest BCUT2D eigenvalue weighted by atomic mass is 32.1. The van der Waals surface area contributed by atoms with E-state index in [1.165, 1.54) is 16.9 Å². The Morgan fingerprint density at radius 2 is 1.94 bits per heavy atom. The second-order valence-corrected chi connectivity index (χ2v) is 9.85. The second kappa shape index (κ2) is 12.7. The van der Waals surface area contributed by atoms with Gasteiger partial charge in [-0.2, -0.15) is 0 Å². The summed E-state index contributed by atoms with van der Waals surface area (Å²) < 4.78 is 0. The summed E-state index contributed by atoms with van der Waals surface area (Å²) in [4.78, 5) is 12.6. The number of allylic oxidation sites excluding steroid dienone is 2. The van der Waals surface area contributed by atoms with Gasteiger partial charge in [0, 0.05) is 10.5 Å². The maximum absolute atomic E-state index is 11.1. The first kappa shape index (κ1) is 25.2. The SMILES string of the molecule is CCCCCC(O)c1ccc(C2=C(C#CCO)CCC2CCCc2ccc(C(=O)O)s2)cc1. The summed E-state index contributed by atoms with van der Waals surface area (Å²) in [6.07, 6.45) is 8.52. The van der Waals surface area contributed by atoms with Crippen LogP contribution in [0.5, 0.6) is 0 Å². The highest BCUT2D eigenvalue weighted by molar-refractivity contribution is 7.13. The van der Waals surface area contributed by atoms with E-state index in [1.54, 1.807) is 6.07 Å². The third-order valence-corrected chi connectivity index (χ3v) is 7.46. The Bertz CT molecular complexity index is 1010. The molecule has 4 nitrogen and oxygen atoms in total. The van der Waals surface area contributed by atoms with Crippen LogP contribution in [0.25, 0.3) is 5.57 Å². The Morgan fingerprint density at radius 3 is 2.61 bits per heavy atom. The molecule has 1 aliphatic carbocycles. The lowest BCUT2D eigenvalue weighted by Gasteiger charge is -2.17. The van der Waals surface area contributed by atoms with Crippen LogP contribution in [-0.4, -0.2) is 27.9 Å². The predicted octanol–water partition coefficient (Wildman–Crippen LogP) is 6.24. The fourth-order valence-corrected chi connectivity index (χ4v) is 5.50. The molecule has 5 heteroatoms. The largest absolute Gasteiger partial charge is 0.477 e. The molecule has 176 valence electrons. The minimum atomic E-state index is -0.863. The molecule has 0 bridgehead atoms. The number of aliphatic hydroxyl groups is 2.